The second-order valence-corrected chi connectivity index (χ2v) is 7.69. The van der Waals surface area contributed by atoms with E-state index in [2.05, 4.69) is 10.3 Å². The monoisotopic (exact) mass is 410 g/mol. The first-order valence-electron chi connectivity index (χ1n) is 9.15. The van der Waals surface area contributed by atoms with Crippen LogP contribution in [-0.2, 0) is 16.1 Å². The third-order valence-corrected chi connectivity index (χ3v) is 5.17. The van der Waals surface area contributed by atoms with Crippen molar-refractivity contribution in [2.24, 2.45) is 0 Å². The van der Waals surface area contributed by atoms with Crippen molar-refractivity contribution < 1.29 is 19.1 Å². The largest absolute Gasteiger partial charge is 0.489 e. The summed E-state index contributed by atoms with van der Waals surface area (Å²) >= 11 is 1.25. The summed E-state index contributed by atoms with van der Waals surface area (Å²) in [4.78, 5) is 29.2. The highest BCUT2D eigenvalue weighted by Gasteiger charge is 2.22. The number of ether oxygens (including phenoxy) is 2. The molecule has 0 spiro atoms. The van der Waals surface area contributed by atoms with Crippen LogP contribution in [0.3, 0.4) is 0 Å². The van der Waals surface area contributed by atoms with Gasteiger partial charge < -0.3 is 14.8 Å². The summed E-state index contributed by atoms with van der Waals surface area (Å²) in [6, 6.07) is 16.9. The van der Waals surface area contributed by atoms with Gasteiger partial charge in [0.05, 0.1) is 10.7 Å². The minimum Gasteiger partial charge on any atom is -0.489 e. The number of benzene rings is 2. The zero-order valence-electron chi connectivity index (χ0n) is 16.5. The summed E-state index contributed by atoms with van der Waals surface area (Å²) in [6.07, 6.45) is -0.932. The summed E-state index contributed by atoms with van der Waals surface area (Å²) < 4.78 is 11.0. The van der Waals surface area contributed by atoms with Crippen LogP contribution in [0.25, 0.3) is 0 Å². The molecular weight excluding hydrogens is 388 g/mol. The quantitative estimate of drug-likeness (QED) is 0.580. The topological polar surface area (TPSA) is 77.5 Å². The number of amides is 1. The maximum absolute atomic E-state index is 12.3. The lowest BCUT2D eigenvalue weighted by Gasteiger charge is -2.13. The van der Waals surface area contributed by atoms with E-state index in [1.54, 1.807) is 31.2 Å². The highest BCUT2D eigenvalue weighted by Crippen LogP contribution is 2.20. The summed E-state index contributed by atoms with van der Waals surface area (Å²) in [5.41, 5.74) is 2.28. The van der Waals surface area contributed by atoms with E-state index in [1.807, 2.05) is 37.3 Å². The van der Waals surface area contributed by atoms with Crippen LogP contribution in [0.15, 0.2) is 54.6 Å². The number of aryl methyl sites for hydroxylation is 2. The fourth-order valence-electron chi connectivity index (χ4n) is 2.61. The molecule has 150 valence electrons. The number of hydrogen-bond acceptors (Lipinski definition) is 6. The van der Waals surface area contributed by atoms with Gasteiger partial charge in [-0.2, -0.15) is 0 Å². The molecule has 1 atom stereocenters. The lowest BCUT2D eigenvalue weighted by atomic mass is 10.2. The second kappa shape index (κ2) is 9.34. The molecular formula is C22H22N2O4S. The van der Waals surface area contributed by atoms with Crippen molar-refractivity contribution in [3.63, 3.8) is 0 Å². The van der Waals surface area contributed by atoms with Gasteiger partial charge in [-0.05, 0) is 50.6 Å². The number of carbonyl (C=O) groups is 2. The molecule has 0 aliphatic carbocycles. The summed E-state index contributed by atoms with van der Waals surface area (Å²) in [7, 11) is 0. The van der Waals surface area contributed by atoms with Crippen molar-refractivity contribution in [2.75, 3.05) is 5.32 Å². The highest BCUT2D eigenvalue weighted by atomic mass is 32.1. The van der Waals surface area contributed by atoms with Crippen molar-refractivity contribution in [3.05, 3.63) is 75.7 Å². The zero-order valence-corrected chi connectivity index (χ0v) is 17.3. The van der Waals surface area contributed by atoms with Gasteiger partial charge in [0.15, 0.2) is 6.10 Å². The average molecular weight is 410 g/mol. The Morgan fingerprint density at radius 1 is 1.07 bits per heavy atom. The van der Waals surface area contributed by atoms with Crippen LogP contribution in [0.4, 0.5) is 5.69 Å². The molecule has 0 unspecified atom stereocenters. The molecule has 0 bridgehead atoms. The minimum absolute atomic E-state index is 0.407. The van der Waals surface area contributed by atoms with Crippen molar-refractivity contribution in [2.45, 2.75) is 33.5 Å². The first-order chi connectivity index (χ1) is 13.9. The van der Waals surface area contributed by atoms with E-state index in [-0.39, 0.29) is 0 Å². The SMILES string of the molecule is Cc1nc(C)c(C(=O)O[C@H](C)C(=O)Nc2ccc(OCc3ccccc3)cc2)s1. The summed E-state index contributed by atoms with van der Waals surface area (Å²) in [5.74, 6) is -0.252. The van der Waals surface area contributed by atoms with Gasteiger partial charge in [-0.1, -0.05) is 30.3 Å². The molecule has 0 radical (unpaired) electrons. The van der Waals surface area contributed by atoms with Gasteiger partial charge in [-0.3, -0.25) is 4.79 Å². The third-order valence-electron chi connectivity index (χ3n) is 4.11. The fraction of sp³-hybridized carbons (Fsp3) is 0.227. The molecule has 1 N–H and O–H groups in total. The van der Waals surface area contributed by atoms with Crippen molar-refractivity contribution in [1.82, 2.24) is 4.98 Å². The van der Waals surface area contributed by atoms with E-state index in [0.717, 1.165) is 10.6 Å². The van der Waals surface area contributed by atoms with Crippen LogP contribution < -0.4 is 10.1 Å². The van der Waals surface area contributed by atoms with E-state index in [4.69, 9.17) is 9.47 Å². The number of carbonyl (C=O) groups excluding carboxylic acids is 2. The molecule has 3 aromatic rings. The zero-order chi connectivity index (χ0) is 20.8. The number of aromatic nitrogens is 1. The van der Waals surface area contributed by atoms with Gasteiger partial charge in [0.1, 0.15) is 17.2 Å². The number of nitrogens with zero attached hydrogens (tertiary/aromatic N) is 1. The first kappa shape index (κ1) is 20.5. The Bertz CT molecular complexity index is 984. The second-order valence-electron chi connectivity index (χ2n) is 6.48. The van der Waals surface area contributed by atoms with Crippen LogP contribution in [0.2, 0.25) is 0 Å². The molecule has 0 saturated heterocycles. The maximum atomic E-state index is 12.3. The Hall–Kier alpha value is -3.19. The number of nitrogens with one attached hydrogen (secondary N) is 1. The molecule has 0 fully saturated rings. The van der Waals surface area contributed by atoms with E-state index in [1.165, 1.54) is 18.3 Å². The molecule has 2 aromatic carbocycles. The van der Waals surface area contributed by atoms with Gasteiger partial charge in [-0.25, -0.2) is 9.78 Å². The Kier molecular flexibility index (Phi) is 6.61. The van der Waals surface area contributed by atoms with E-state index < -0.39 is 18.0 Å². The summed E-state index contributed by atoms with van der Waals surface area (Å²) in [6.45, 7) is 5.56. The molecule has 1 amide bonds. The van der Waals surface area contributed by atoms with Crippen molar-refractivity contribution in [3.8, 4) is 5.75 Å². The number of esters is 1. The minimum atomic E-state index is -0.932. The Morgan fingerprint density at radius 3 is 2.38 bits per heavy atom. The predicted molar refractivity (Wildman–Crippen MR) is 112 cm³/mol. The standard InChI is InChI=1S/C22H22N2O4S/c1-14-20(29-16(3)23-14)22(26)28-15(2)21(25)24-18-9-11-19(12-10-18)27-13-17-7-5-4-6-8-17/h4-12,15H,13H2,1-3H3,(H,24,25)/t15-/m1/s1. The van der Waals surface area contributed by atoms with Crippen LogP contribution in [-0.4, -0.2) is 23.0 Å². The van der Waals surface area contributed by atoms with Crippen LogP contribution in [0.5, 0.6) is 5.75 Å². The maximum Gasteiger partial charge on any atom is 0.351 e. The fourth-order valence-corrected chi connectivity index (χ4v) is 3.41. The van der Waals surface area contributed by atoms with Crippen LogP contribution in [0, 0.1) is 13.8 Å². The molecule has 6 nitrogen and oxygen atoms in total. The van der Waals surface area contributed by atoms with Crippen LogP contribution >= 0.6 is 11.3 Å². The lowest BCUT2D eigenvalue weighted by Crippen LogP contribution is -2.29. The Balaban J connectivity index is 1.51. The highest BCUT2D eigenvalue weighted by molar-refractivity contribution is 7.13. The van der Waals surface area contributed by atoms with E-state index in [9.17, 15) is 9.59 Å². The number of rotatable bonds is 7. The van der Waals surface area contributed by atoms with Gasteiger partial charge in [0.25, 0.3) is 5.91 Å². The van der Waals surface area contributed by atoms with Gasteiger partial charge >= 0.3 is 5.97 Å². The average Bonchev–Trinajstić information content (AvgIpc) is 3.06. The lowest BCUT2D eigenvalue weighted by molar-refractivity contribution is -0.123. The molecule has 0 aliphatic heterocycles. The molecule has 29 heavy (non-hydrogen) atoms. The normalized spacial score (nSPS) is 11.6. The number of thiazole rings is 1. The number of hydrogen-bond donors (Lipinski definition) is 1. The van der Waals surface area contributed by atoms with Gasteiger partial charge in [-0.15, -0.1) is 11.3 Å². The summed E-state index contributed by atoms with van der Waals surface area (Å²) in [5, 5.41) is 3.51. The molecule has 1 aromatic heterocycles. The van der Waals surface area contributed by atoms with Crippen LogP contribution in [0.1, 0.15) is 32.9 Å². The predicted octanol–water partition coefficient (Wildman–Crippen LogP) is 4.52. The van der Waals surface area contributed by atoms with Gasteiger partial charge in [0.2, 0.25) is 0 Å². The molecule has 3 rings (SSSR count). The third kappa shape index (κ3) is 5.65. The molecule has 0 saturated carbocycles. The van der Waals surface area contributed by atoms with Crippen molar-refractivity contribution >= 4 is 28.9 Å². The van der Waals surface area contributed by atoms with Crippen molar-refractivity contribution in [1.29, 1.82) is 0 Å². The molecule has 7 heteroatoms. The first-order valence-corrected chi connectivity index (χ1v) is 9.96. The molecule has 0 aliphatic rings. The smallest absolute Gasteiger partial charge is 0.351 e. The van der Waals surface area contributed by atoms with E-state index in [0.29, 0.717) is 28.6 Å². The number of anilines is 1. The Labute approximate surface area is 173 Å². The molecule has 1 heterocycles. The van der Waals surface area contributed by atoms with Gasteiger partial charge in [0, 0.05) is 5.69 Å². The Morgan fingerprint density at radius 2 is 1.76 bits per heavy atom. The van der Waals surface area contributed by atoms with E-state index >= 15 is 0 Å².